The highest BCUT2D eigenvalue weighted by Crippen LogP contribution is 2.21. The van der Waals surface area contributed by atoms with Crippen LogP contribution in [0.5, 0.6) is 0 Å². The van der Waals surface area contributed by atoms with Crippen LogP contribution in [0.25, 0.3) is 0 Å². The number of aryl methyl sites for hydroxylation is 1. The van der Waals surface area contributed by atoms with Crippen LogP contribution in [0.3, 0.4) is 0 Å². The van der Waals surface area contributed by atoms with Gasteiger partial charge in [0.25, 0.3) is 0 Å². The molecule has 0 unspecified atom stereocenters. The molecule has 5 N–H and O–H groups in total. The van der Waals surface area contributed by atoms with Crippen LogP contribution >= 0.6 is 11.3 Å². The summed E-state index contributed by atoms with van der Waals surface area (Å²) in [5, 5.41) is 12.4. The standard InChI is InChI=1S/C12H15N3O2S2/c1-8-6-18-7-9(8)5-15-11-2-10(13)3-12(4-11)19(14,16)17/h2-4,6-7,15H,5,13H2,1H3,(H2,14,16,17). The van der Waals surface area contributed by atoms with Gasteiger partial charge in [0.05, 0.1) is 4.90 Å². The average Bonchev–Trinajstić information content (AvgIpc) is 2.70. The van der Waals surface area contributed by atoms with E-state index in [4.69, 9.17) is 10.9 Å². The Kier molecular flexibility index (Phi) is 3.79. The molecule has 0 fully saturated rings. The van der Waals surface area contributed by atoms with E-state index in [9.17, 15) is 8.42 Å². The van der Waals surface area contributed by atoms with Gasteiger partial charge in [-0.05, 0) is 47.0 Å². The Labute approximate surface area is 116 Å². The van der Waals surface area contributed by atoms with Gasteiger partial charge in [0.2, 0.25) is 10.0 Å². The van der Waals surface area contributed by atoms with E-state index in [0.29, 0.717) is 17.9 Å². The van der Waals surface area contributed by atoms with Crippen LogP contribution in [-0.4, -0.2) is 8.42 Å². The zero-order valence-electron chi connectivity index (χ0n) is 10.4. The van der Waals surface area contributed by atoms with Gasteiger partial charge < -0.3 is 11.1 Å². The number of nitrogen functional groups attached to an aromatic ring is 1. The van der Waals surface area contributed by atoms with Crippen molar-refractivity contribution in [3.63, 3.8) is 0 Å². The fraction of sp³-hybridized carbons (Fsp3) is 0.167. The second-order valence-corrected chi connectivity index (χ2v) is 6.57. The van der Waals surface area contributed by atoms with Crippen molar-refractivity contribution in [1.29, 1.82) is 0 Å². The van der Waals surface area contributed by atoms with Crippen LogP contribution in [-0.2, 0) is 16.6 Å². The number of primary sulfonamides is 1. The fourth-order valence-electron chi connectivity index (χ4n) is 1.65. The van der Waals surface area contributed by atoms with Gasteiger partial charge in [0.1, 0.15) is 0 Å². The summed E-state index contributed by atoms with van der Waals surface area (Å²) in [6, 6.07) is 4.50. The lowest BCUT2D eigenvalue weighted by molar-refractivity contribution is 0.598. The first-order valence-corrected chi connectivity index (χ1v) is 8.04. The monoisotopic (exact) mass is 297 g/mol. The molecule has 7 heteroatoms. The van der Waals surface area contributed by atoms with Crippen molar-refractivity contribution in [3.8, 4) is 0 Å². The van der Waals surface area contributed by atoms with Gasteiger partial charge in [-0.2, -0.15) is 11.3 Å². The molecule has 1 heterocycles. The first-order chi connectivity index (χ1) is 8.86. The van der Waals surface area contributed by atoms with E-state index >= 15 is 0 Å². The number of benzene rings is 1. The maximum atomic E-state index is 11.3. The van der Waals surface area contributed by atoms with Gasteiger partial charge in [-0.25, -0.2) is 13.6 Å². The Hall–Kier alpha value is -1.57. The maximum Gasteiger partial charge on any atom is 0.238 e. The summed E-state index contributed by atoms with van der Waals surface area (Å²) in [6.45, 7) is 2.64. The first-order valence-electron chi connectivity index (χ1n) is 5.55. The fourth-order valence-corrected chi connectivity index (χ4v) is 3.10. The second kappa shape index (κ2) is 5.20. The molecule has 5 nitrogen and oxygen atoms in total. The van der Waals surface area contributed by atoms with Gasteiger partial charge in [0, 0.05) is 17.9 Å². The molecular weight excluding hydrogens is 282 g/mol. The number of hydrogen-bond acceptors (Lipinski definition) is 5. The molecule has 1 aromatic carbocycles. The number of rotatable bonds is 4. The molecular formula is C12H15N3O2S2. The first kappa shape index (κ1) is 13.9. The quantitative estimate of drug-likeness (QED) is 0.751. The summed E-state index contributed by atoms with van der Waals surface area (Å²) in [5.41, 5.74) is 9.04. The van der Waals surface area contributed by atoms with Crippen LogP contribution < -0.4 is 16.2 Å². The Bertz CT molecular complexity index is 693. The topological polar surface area (TPSA) is 98.2 Å². The van der Waals surface area contributed by atoms with Crippen LogP contribution in [0.2, 0.25) is 0 Å². The Morgan fingerprint density at radius 3 is 2.58 bits per heavy atom. The molecule has 2 aromatic rings. The van der Waals surface area contributed by atoms with E-state index in [1.54, 1.807) is 17.4 Å². The molecule has 0 saturated carbocycles. The minimum atomic E-state index is -3.75. The largest absolute Gasteiger partial charge is 0.399 e. The highest BCUT2D eigenvalue weighted by atomic mass is 32.2. The maximum absolute atomic E-state index is 11.3. The summed E-state index contributed by atoms with van der Waals surface area (Å²) in [4.78, 5) is 0.0111. The molecule has 2 rings (SSSR count). The van der Waals surface area contributed by atoms with E-state index in [0.717, 1.165) is 0 Å². The van der Waals surface area contributed by atoms with Crippen LogP contribution in [0.15, 0.2) is 33.9 Å². The molecule has 0 aliphatic carbocycles. The summed E-state index contributed by atoms with van der Waals surface area (Å²) in [7, 11) is -3.75. The third-order valence-electron chi connectivity index (χ3n) is 2.70. The van der Waals surface area contributed by atoms with Gasteiger partial charge in [-0.1, -0.05) is 0 Å². The molecule has 0 spiro atoms. The number of anilines is 2. The molecule has 0 aliphatic heterocycles. The minimum absolute atomic E-state index is 0.0111. The predicted octanol–water partition coefficient (Wildman–Crippen LogP) is 1.90. The number of nitrogens with one attached hydrogen (secondary N) is 1. The van der Waals surface area contributed by atoms with Crippen LogP contribution in [0, 0.1) is 6.92 Å². The van der Waals surface area contributed by atoms with E-state index in [1.807, 2.05) is 6.92 Å². The highest BCUT2D eigenvalue weighted by Gasteiger charge is 2.10. The van der Waals surface area contributed by atoms with E-state index in [2.05, 4.69) is 16.1 Å². The van der Waals surface area contributed by atoms with Gasteiger partial charge >= 0.3 is 0 Å². The molecule has 0 amide bonds. The summed E-state index contributed by atoms with van der Waals surface area (Å²) < 4.78 is 22.6. The van der Waals surface area contributed by atoms with Crippen molar-refractivity contribution < 1.29 is 8.42 Å². The van der Waals surface area contributed by atoms with Crippen molar-refractivity contribution >= 4 is 32.7 Å². The smallest absolute Gasteiger partial charge is 0.238 e. The van der Waals surface area contributed by atoms with Gasteiger partial charge in [-0.3, -0.25) is 0 Å². The van der Waals surface area contributed by atoms with Gasteiger partial charge in [0.15, 0.2) is 0 Å². The van der Waals surface area contributed by atoms with E-state index in [1.165, 1.54) is 23.3 Å². The summed E-state index contributed by atoms with van der Waals surface area (Å²) in [6.07, 6.45) is 0. The third kappa shape index (κ3) is 3.46. The minimum Gasteiger partial charge on any atom is -0.399 e. The normalized spacial score (nSPS) is 11.5. The molecule has 0 bridgehead atoms. The molecule has 102 valence electrons. The van der Waals surface area contributed by atoms with Crippen molar-refractivity contribution in [1.82, 2.24) is 0 Å². The van der Waals surface area contributed by atoms with Crippen molar-refractivity contribution in [2.75, 3.05) is 11.1 Å². The SMILES string of the molecule is Cc1cscc1CNc1cc(N)cc(S(N)(=O)=O)c1. The molecule has 0 radical (unpaired) electrons. The van der Waals surface area contributed by atoms with Gasteiger partial charge in [-0.15, -0.1) is 0 Å². The van der Waals surface area contributed by atoms with Crippen molar-refractivity contribution in [2.24, 2.45) is 5.14 Å². The molecule has 0 saturated heterocycles. The summed E-state index contributed by atoms with van der Waals surface area (Å²) >= 11 is 1.63. The number of thiophene rings is 1. The molecule has 0 atom stereocenters. The zero-order chi connectivity index (χ0) is 14.0. The van der Waals surface area contributed by atoms with E-state index < -0.39 is 10.0 Å². The number of sulfonamides is 1. The van der Waals surface area contributed by atoms with Crippen LogP contribution in [0.4, 0.5) is 11.4 Å². The lowest BCUT2D eigenvalue weighted by atomic mass is 10.2. The molecule has 0 aliphatic rings. The lowest BCUT2D eigenvalue weighted by Crippen LogP contribution is -2.13. The molecule has 1 aromatic heterocycles. The van der Waals surface area contributed by atoms with Crippen molar-refractivity contribution in [3.05, 3.63) is 40.1 Å². The zero-order valence-corrected chi connectivity index (χ0v) is 12.0. The lowest BCUT2D eigenvalue weighted by Gasteiger charge is -2.09. The second-order valence-electron chi connectivity index (χ2n) is 4.27. The Morgan fingerprint density at radius 1 is 1.26 bits per heavy atom. The van der Waals surface area contributed by atoms with Crippen LogP contribution in [0.1, 0.15) is 11.1 Å². The van der Waals surface area contributed by atoms with Crippen molar-refractivity contribution in [2.45, 2.75) is 18.4 Å². The Balaban J connectivity index is 2.22. The highest BCUT2D eigenvalue weighted by molar-refractivity contribution is 7.89. The predicted molar refractivity (Wildman–Crippen MR) is 78.6 cm³/mol. The average molecular weight is 297 g/mol. The van der Waals surface area contributed by atoms with E-state index in [-0.39, 0.29) is 4.90 Å². The third-order valence-corrected chi connectivity index (χ3v) is 4.50. The summed E-state index contributed by atoms with van der Waals surface area (Å²) in [5.74, 6) is 0. The Morgan fingerprint density at radius 2 is 2.00 bits per heavy atom. The number of hydrogen-bond donors (Lipinski definition) is 3. The number of nitrogens with two attached hydrogens (primary N) is 2. The molecule has 19 heavy (non-hydrogen) atoms.